The number of nitrogens with zero attached hydrogens (tertiary/aromatic N) is 3. The van der Waals surface area contributed by atoms with Crippen LogP contribution < -0.4 is 10.9 Å². The zero-order valence-corrected chi connectivity index (χ0v) is 20.3. The van der Waals surface area contributed by atoms with Crippen LogP contribution in [0.1, 0.15) is 36.0 Å². The van der Waals surface area contributed by atoms with Crippen molar-refractivity contribution in [3.63, 3.8) is 0 Å². The molecule has 0 saturated heterocycles. The van der Waals surface area contributed by atoms with Gasteiger partial charge in [0.2, 0.25) is 5.91 Å². The number of hydrogen-bond acceptors (Lipinski definition) is 6. The molecule has 0 bridgehead atoms. The lowest BCUT2D eigenvalue weighted by molar-refractivity contribution is -0.115. The molecule has 1 amide bonds. The first kappa shape index (κ1) is 23.2. The minimum atomic E-state index is -0.0811. The van der Waals surface area contributed by atoms with E-state index in [0.29, 0.717) is 28.4 Å². The third-order valence-corrected chi connectivity index (χ3v) is 7.15. The number of nitrogens with one attached hydrogen (secondary N) is 1. The summed E-state index contributed by atoms with van der Waals surface area (Å²) in [6.07, 6.45) is 2.16. The number of carbonyl (C=O) groups is 1. The van der Waals surface area contributed by atoms with Gasteiger partial charge in [0.1, 0.15) is 5.01 Å². The molecule has 0 atom stereocenters. The van der Waals surface area contributed by atoms with E-state index in [-0.39, 0.29) is 17.9 Å². The molecule has 6 nitrogen and oxygen atoms in total. The van der Waals surface area contributed by atoms with Crippen molar-refractivity contribution in [1.29, 1.82) is 0 Å². The van der Waals surface area contributed by atoms with Crippen LogP contribution in [0.4, 0.5) is 5.69 Å². The second-order valence-electron chi connectivity index (χ2n) is 7.78. The number of thioether (sulfide) groups is 1. The molecule has 8 heteroatoms. The Kier molecular flexibility index (Phi) is 7.57. The zero-order valence-electron chi connectivity index (χ0n) is 18.7. The van der Waals surface area contributed by atoms with Gasteiger partial charge in [0.25, 0.3) is 5.56 Å². The Balaban J connectivity index is 1.45. The number of rotatable bonds is 9. The van der Waals surface area contributed by atoms with E-state index in [1.54, 1.807) is 4.57 Å². The molecule has 4 rings (SSSR count). The number of thiazole rings is 1. The van der Waals surface area contributed by atoms with E-state index < -0.39 is 0 Å². The van der Waals surface area contributed by atoms with E-state index >= 15 is 0 Å². The molecule has 0 fully saturated rings. The van der Waals surface area contributed by atoms with Crippen LogP contribution in [-0.2, 0) is 23.5 Å². The molecule has 170 valence electrons. The number of fused-ring (bicyclic) bond motifs is 1. The lowest BCUT2D eigenvalue weighted by Crippen LogP contribution is -2.23. The molecule has 0 aliphatic carbocycles. The molecule has 4 aromatic rings. The van der Waals surface area contributed by atoms with Crippen molar-refractivity contribution in [1.82, 2.24) is 14.5 Å². The molecule has 2 aromatic heterocycles. The highest BCUT2D eigenvalue weighted by molar-refractivity contribution is 7.98. The number of aromatic nitrogens is 3. The van der Waals surface area contributed by atoms with Crippen molar-refractivity contribution < 1.29 is 4.79 Å². The summed E-state index contributed by atoms with van der Waals surface area (Å²) >= 11 is 2.99. The summed E-state index contributed by atoms with van der Waals surface area (Å²) in [4.78, 5) is 34.8. The van der Waals surface area contributed by atoms with Gasteiger partial charge in [-0.1, -0.05) is 55.4 Å². The normalized spacial score (nSPS) is 11.1. The summed E-state index contributed by atoms with van der Waals surface area (Å²) in [6, 6.07) is 15.2. The number of carbonyl (C=O) groups excluding carboxylic acids is 1. The summed E-state index contributed by atoms with van der Waals surface area (Å²) in [6.45, 7) is 4.73. The number of aryl methyl sites for hydroxylation is 1. The number of unbranched alkanes of at least 4 members (excludes halogenated alkanes) is 1. The largest absolute Gasteiger partial charge is 0.325 e. The van der Waals surface area contributed by atoms with Crippen LogP contribution >= 0.6 is 23.1 Å². The number of anilines is 1. The summed E-state index contributed by atoms with van der Waals surface area (Å²) in [5.74, 6) is 0.509. The van der Waals surface area contributed by atoms with E-state index in [0.717, 1.165) is 34.8 Å². The maximum Gasteiger partial charge on any atom is 0.262 e. The Hall–Kier alpha value is -2.97. The second kappa shape index (κ2) is 10.8. The molecule has 33 heavy (non-hydrogen) atoms. The Morgan fingerprint density at radius 3 is 2.73 bits per heavy atom. The summed E-state index contributed by atoms with van der Waals surface area (Å²) in [5.41, 5.74) is 3.45. The molecule has 0 unspecified atom stereocenters. The van der Waals surface area contributed by atoms with Gasteiger partial charge < -0.3 is 5.32 Å². The van der Waals surface area contributed by atoms with Gasteiger partial charge in [-0.05, 0) is 37.1 Å². The molecular weight excluding hydrogens is 452 g/mol. The third kappa shape index (κ3) is 5.69. The van der Waals surface area contributed by atoms with Crippen LogP contribution in [0.25, 0.3) is 10.9 Å². The van der Waals surface area contributed by atoms with Gasteiger partial charge in [-0.25, -0.2) is 9.97 Å². The fourth-order valence-electron chi connectivity index (χ4n) is 3.45. The van der Waals surface area contributed by atoms with Gasteiger partial charge in [-0.3, -0.25) is 14.2 Å². The predicted octanol–water partition coefficient (Wildman–Crippen LogP) is 5.44. The van der Waals surface area contributed by atoms with Crippen molar-refractivity contribution in [3.8, 4) is 0 Å². The van der Waals surface area contributed by atoms with Gasteiger partial charge in [0, 0.05) is 23.4 Å². The molecule has 0 spiro atoms. The number of amides is 1. The lowest BCUT2D eigenvalue weighted by atomic mass is 10.2. The van der Waals surface area contributed by atoms with E-state index in [4.69, 9.17) is 4.98 Å². The van der Waals surface area contributed by atoms with Gasteiger partial charge >= 0.3 is 0 Å². The van der Waals surface area contributed by atoms with E-state index in [1.165, 1.54) is 23.1 Å². The average Bonchev–Trinajstić information content (AvgIpc) is 3.26. The third-order valence-electron chi connectivity index (χ3n) is 5.24. The molecule has 2 aromatic carbocycles. The van der Waals surface area contributed by atoms with Crippen LogP contribution in [0.15, 0.2) is 63.9 Å². The van der Waals surface area contributed by atoms with E-state index in [9.17, 15) is 9.59 Å². The van der Waals surface area contributed by atoms with Gasteiger partial charge in [0.05, 0.1) is 23.0 Å². The molecule has 1 N–H and O–H groups in total. The Labute approximate surface area is 201 Å². The van der Waals surface area contributed by atoms with Crippen LogP contribution in [0.3, 0.4) is 0 Å². The number of benzene rings is 2. The number of para-hydroxylation sites is 2. The van der Waals surface area contributed by atoms with Crippen molar-refractivity contribution >= 4 is 45.6 Å². The molecular formula is C25H26N4O2S2. The summed E-state index contributed by atoms with van der Waals surface area (Å²) in [7, 11) is 0. The minimum Gasteiger partial charge on any atom is -0.325 e. The average molecular weight is 479 g/mol. The monoisotopic (exact) mass is 478 g/mol. The highest BCUT2D eigenvalue weighted by Crippen LogP contribution is 2.24. The first-order valence-electron chi connectivity index (χ1n) is 11.0. The van der Waals surface area contributed by atoms with Crippen LogP contribution in [0.2, 0.25) is 0 Å². The molecule has 0 aliphatic heterocycles. The Bertz CT molecular complexity index is 1330. The molecule has 0 saturated carbocycles. The molecule has 0 aliphatic rings. The first-order chi connectivity index (χ1) is 16.0. The standard InChI is InChI=1S/C25H26N4O2S2/c1-3-4-13-29-24(31)19-10-6-8-12-21(19)28-25(29)33-16-18-15-32-23(26-18)14-22(30)27-20-11-7-5-9-17(20)2/h5-12,15H,3-4,13-14,16H2,1-2H3,(H,27,30). The number of hydrogen-bond donors (Lipinski definition) is 1. The van der Waals surface area contributed by atoms with Gasteiger partial charge in [-0.15, -0.1) is 11.3 Å². The second-order valence-corrected chi connectivity index (χ2v) is 9.67. The van der Waals surface area contributed by atoms with E-state index in [2.05, 4.69) is 17.2 Å². The fraction of sp³-hybridized carbons (Fsp3) is 0.280. The van der Waals surface area contributed by atoms with Crippen molar-refractivity contribution in [2.75, 3.05) is 5.32 Å². The minimum absolute atomic E-state index is 0.00314. The SMILES string of the molecule is CCCCn1c(SCc2csc(CC(=O)Nc3ccccc3C)n2)nc2ccccc2c1=O. The topological polar surface area (TPSA) is 76.9 Å². The predicted molar refractivity (Wildman–Crippen MR) is 136 cm³/mol. The summed E-state index contributed by atoms with van der Waals surface area (Å²) < 4.78 is 1.78. The van der Waals surface area contributed by atoms with Crippen LogP contribution in [0.5, 0.6) is 0 Å². The van der Waals surface area contributed by atoms with Gasteiger partial charge in [-0.2, -0.15) is 0 Å². The maximum absolute atomic E-state index is 13.0. The van der Waals surface area contributed by atoms with Crippen molar-refractivity contribution in [2.24, 2.45) is 0 Å². The smallest absolute Gasteiger partial charge is 0.262 e. The van der Waals surface area contributed by atoms with Crippen molar-refractivity contribution in [2.45, 2.75) is 50.6 Å². The Morgan fingerprint density at radius 1 is 1.12 bits per heavy atom. The molecule has 2 heterocycles. The lowest BCUT2D eigenvalue weighted by Gasteiger charge is -2.12. The Morgan fingerprint density at radius 2 is 1.91 bits per heavy atom. The summed E-state index contributed by atoms with van der Waals surface area (Å²) in [5, 5.41) is 7.05. The quantitative estimate of drug-likeness (QED) is 0.256. The van der Waals surface area contributed by atoms with Gasteiger partial charge in [0.15, 0.2) is 5.16 Å². The molecule has 0 radical (unpaired) electrons. The van der Waals surface area contributed by atoms with Crippen molar-refractivity contribution in [3.05, 3.63) is 80.5 Å². The maximum atomic E-state index is 13.0. The van der Waals surface area contributed by atoms with Crippen LogP contribution in [-0.4, -0.2) is 20.4 Å². The highest BCUT2D eigenvalue weighted by Gasteiger charge is 2.13. The van der Waals surface area contributed by atoms with E-state index in [1.807, 2.05) is 60.8 Å². The van der Waals surface area contributed by atoms with Crippen LogP contribution in [0, 0.1) is 6.92 Å². The highest BCUT2D eigenvalue weighted by atomic mass is 32.2. The first-order valence-corrected chi connectivity index (χ1v) is 12.8. The zero-order chi connectivity index (χ0) is 23.2. The fourth-order valence-corrected chi connectivity index (χ4v) is 5.27.